The Morgan fingerprint density at radius 1 is 1.07 bits per heavy atom. The fourth-order valence-electron chi connectivity index (χ4n) is 2.98. The van der Waals surface area contributed by atoms with E-state index in [1.807, 2.05) is 32.0 Å². The molecule has 1 aromatic carbocycles. The molecule has 8 heteroatoms. The molecule has 8 nitrogen and oxygen atoms in total. The van der Waals surface area contributed by atoms with Gasteiger partial charge in [0.15, 0.2) is 6.61 Å². The van der Waals surface area contributed by atoms with Gasteiger partial charge in [0.1, 0.15) is 11.4 Å². The van der Waals surface area contributed by atoms with Crippen molar-refractivity contribution in [3.8, 4) is 5.75 Å². The van der Waals surface area contributed by atoms with Crippen molar-refractivity contribution in [3.05, 3.63) is 57.5 Å². The van der Waals surface area contributed by atoms with Gasteiger partial charge in [-0.2, -0.15) is 5.10 Å². The molecule has 0 atom stereocenters. The highest BCUT2D eigenvalue weighted by Crippen LogP contribution is 2.18. The number of aromatic amines is 1. The number of carbonyl (C=O) groups is 2. The fraction of sp³-hybridized carbons (Fsp3) is 0.368. The first-order valence-corrected chi connectivity index (χ1v) is 8.77. The number of nitrogens with one attached hydrogen (secondary N) is 1. The minimum Gasteiger partial charge on any atom is -0.484 e. The molecule has 1 fully saturated rings. The van der Waals surface area contributed by atoms with Crippen molar-refractivity contribution in [2.24, 2.45) is 0 Å². The number of aromatic nitrogens is 2. The SMILES string of the molecule is Cc1ccc(OCC(=O)N2CCN(C(=O)c3ccc(=O)[nH]n3)CC2)c(C)c1. The minimum absolute atomic E-state index is 0.0284. The van der Waals surface area contributed by atoms with E-state index in [-0.39, 0.29) is 29.7 Å². The lowest BCUT2D eigenvalue weighted by atomic mass is 10.1. The largest absolute Gasteiger partial charge is 0.484 e. The molecule has 2 heterocycles. The summed E-state index contributed by atoms with van der Waals surface area (Å²) in [6.45, 7) is 5.62. The van der Waals surface area contributed by atoms with Gasteiger partial charge >= 0.3 is 0 Å². The van der Waals surface area contributed by atoms with Gasteiger partial charge < -0.3 is 14.5 Å². The maximum absolute atomic E-state index is 12.4. The van der Waals surface area contributed by atoms with Crippen LogP contribution in [0.5, 0.6) is 5.75 Å². The van der Waals surface area contributed by atoms with Crippen molar-refractivity contribution in [2.45, 2.75) is 13.8 Å². The number of benzene rings is 1. The van der Waals surface area contributed by atoms with Crippen LogP contribution in [0.25, 0.3) is 0 Å². The highest BCUT2D eigenvalue weighted by molar-refractivity contribution is 5.92. The van der Waals surface area contributed by atoms with Gasteiger partial charge in [-0.25, -0.2) is 5.10 Å². The number of hydrogen-bond acceptors (Lipinski definition) is 5. The zero-order chi connectivity index (χ0) is 19.4. The summed E-state index contributed by atoms with van der Waals surface area (Å²) in [6, 6.07) is 8.49. The summed E-state index contributed by atoms with van der Waals surface area (Å²) in [7, 11) is 0. The maximum atomic E-state index is 12.4. The van der Waals surface area contributed by atoms with Crippen molar-refractivity contribution < 1.29 is 14.3 Å². The molecule has 1 N–H and O–H groups in total. The van der Waals surface area contributed by atoms with Crippen molar-refractivity contribution >= 4 is 11.8 Å². The van der Waals surface area contributed by atoms with Crippen LogP contribution in [0.3, 0.4) is 0 Å². The summed E-state index contributed by atoms with van der Waals surface area (Å²) in [4.78, 5) is 39.1. The number of rotatable bonds is 4. The smallest absolute Gasteiger partial charge is 0.274 e. The highest BCUT2D eigenvalue weighted by Gasteiger charge is 2.25. The Balaban J connectivity index is 1.51. The van der Waals surface area contributed by atoms with Gasteiger partial charge in [0.05, 0.1) is 0 Å². The predicted octanol–water partition coefficient (Wildman–Crippen LogP) is 0.750. The minimum atomic E-state index is -0.356. The van der Waals surface area contributed by atoms with Crippen molar-refractivity contribution in [2.75, 3.05) is 32.8 Å². The van der Waals surface area contributed by atoms with Gasteiger partial charge in [-0.05, 0) is 31.5 Å². The van der Waals surface area contributed by atoms with Gasteiger partial charge in [0.25, 0.3) is 17.4 Å². The molecule has 1 aliphatic rings. The average Bonchev–Trinajstić information content (AvgIpc) is 2.67. The van der Waals surface area contributed by atoms with Crippen LogP contribution in [0.4, 0.5) is 0 Å². The van der Waals surface area contributed by atoms with E-state index in [1.165, 1.54) is 12.1 Å². The van der Waals surface area contributed by atoms with Crippen LogP contribution in [0.2, 0.25) is 0 Å². The normalized spacial score (nSPS) is 14.1. The van der Waals surface area contributed by atoms with Crippen LogP contribution in [-0.4, -0.2) is 64.6 Å². The summed E-state index contributed by atoms with van der Waals surface area (Å²) in [5.41, 5.74) is 1.97. The van der Waals surface area contributed by atoms with E-state index in [0.29, 0.717) is 31.9 Å². The van der Waals surface area contributed by atoms with Crippen molar-refractivity contribution in [1.29, 1.82) is 0 Å². The summed E-state index contributed by atoms with van der Waals surface area (Å²) in [5.74, 6) is 0.334. The van der Waals surface area contributed by atoms with Gasteiger partial charge in [-0.15, -0.1) is 0 Å². The molecule has 3 rings (SSSR count). The molecule has 142 valence electrons. The molecule has 1 aromatic heterocycles. The van der Waals surface area contributed by atoms with Crippen LogP contribution < -0.4 is 10.3 Å². The molecule has 0 unspecified atom stereocenters. The lowest BCUT2D eigenvalue weighted by molar-refractivity contribution is -0.134. The summed E-state index contributed by atoms with van der Waals surface area (Å²) in [5, 5.41) is 6.01. The summed E-state index contributed by atoms with van der Waals surface area (Å²) >= 11 is 0. The molecular formula is C19H22N4O4. The third-order valence-electron chi connectivity index (χ3n) is 4.50. The Morgan fingerprint density at radius 3 is 2.41 bits per heavy atom. The van der Waals surface area contributed by atoms with E-state index in [4.69, 9.17) is 4.74 Å². The topological polar surface area (TPSA) is 95.6 Å². The molecule has 0 spiro atoms. The molecule has 0 radical (unpaired) electrons. The monoisotopic (exact) mass is 370 g/mol. The zero-order valence-corrected chi connectivity index (χ0v) is 15.4. The summed E-state index contributed by atoms with van der Waals surface area (Å²) in [6.07, 6.45) is 0. The number of ether oxygens (including phenoxy) is 1. The quantitative estimate of drug-likeness (QED) is 0.857. The average molecular weight is 370 g/mol. The molecule has 2 aromatic rings. The van der Waals surface area contributed by atoms with Crippen LogP contribution in [0.1, 0.15) is 21.6 Å². The second kappa shape index (κ2) is 8.03. The first-order chi connectivity index (χ1) is 12.9. The van der Waals surface area contributed by atoms with Gasteiger partial charge in [0, 0.05) is 32.2 Å². The Hall–Kier alpha value is -3.16. The van der Waals surface area contributed by atoms with E-state index >= 15 is 0 Å². The number of nitrogens with zero attached hydrogens (tertiary/aromatic N) is 3. The first kappa shape index (κ1) is 18.6. The Labute approximate surface area is 156 Å². The molecule has 0 saturated carbocycles. The number of piperazine rings is 1. The fourth-order valence-corrected chi connectivity index (χ4v) is 2.98. The van der Waals surface area contributed by atoms with Crippen LogP contribution >= 0.6 is 0 Å². The van der Waals surface area contributed by atoms with E-state index in [0.717, 1.165) is 11.1 Å². The zero-order valence-electron chi connectivity index (χ0n) is 15.4. The van der Waals surface area contributed by atoms with Crippen LogP contribution in [0, 0.1) is 13.8 Å². The third-order valence-corrected chi connectivity index (χ3v) is 4.50. The van der Waals surface area contributed by atoms with E-state index in [2.05, 4.69) is 10.2 Å². The third kappa shape index (κ3) is 4.52. The maximum Gasteiger partial charge on any atom is 0.274 e. The van der Waals surface area contributed by atoms with Crippen molar-refractivity contribution in [3.63, 3.8) is 0 Å². The first-order valence-electron chi connectivity index (χ1n) is 8.77. The Bertz CT molecular complexity index is 880. The van der Waals surface area contributed by atoms with E-state index < -0.39 is 0 Å². The number of carbonyl (C=O) groups excluding carboxylic acids is 2. The highest BCUT2D eigenvalue weighted by atomic mass is 16.5. The lowest BCUT2D eigenvalue weighted by Crippen LogP contribution is -2.51. The number of amides is 2. The Kier molecular flexibility index (Phi) is 5.54. The molecule has 0 bridgehead atoms. The molecule has 27 heavy (non-hydrogen) atoms. The van der Waals surface area contributed by atoms with Crippen LogP contribution in [0.15, 0.2) is 35.1 Å². The van der Waals surface area contributed by atoms with Crippen LogP contribution in [-0.2, 0) is 4.79 Å². The van der Waals surface area contributed by atoms with Gasteiger partial charge in [-0.3, -0.25) is 14.4 Å². The predicted molar refractivity (Wildman–Crippen MR) is 98.8 cm³/mol. The second-order valence-electron chi connectivity index (χ2n) is 6.54. The number of aryl methyl sites for hydroxylation is 2. The summed E-state index contributed by atoms with van der Waals surface area (Å²) < 4.78 is 5.65. The molecule has 0 aliphatic carbocycles. The van der Waals surface area contributed by atoms with Gasteiger partial charge in [0.2, 0.25) is 0 Å². The van der Waals surface area contributed by atoms with Crippen molar-refractivity contribution in [1.82, 2.24) is 20.0 Å². The molecular weight excluding hydrogens is 348 g/mol. The van der Waals surface area contributed by atoms with E-state index in [1.54, 1.807) is 9.80 Å². The molecule has 1 aliphatic heterocycles. The molecule has 2 amide bonds. The standard InChI is InChI=1S/C19H22N4O4/c1-13-3-5-16(14(2)11-13)27-12-18(25)22-7-9-23(10-8-22)19(26)15-4-6-17(24)21-20-15/h3-6,11H,7-10,12H2,1-2H3,(H,21,24). The molecule has 1 saturated heterocycles. The van der Waals surface area contributed by atoms with Gasteiger partial charge in [-0.1, -0.05) is 17.7 Å². The number of hydrogen-bond donors (Lipinski definition) is 1. The Morgan fingerprint density at radius 2 is 1.78 bits per heavy atom. The number of H-pyrrole nitrogens is 1. The lowest BCUT2D eigenvalue weighted by Gasteiger charge is -2.34. The van der Waals surface area contributed by atoms with E-state index in [9.17, 15) is 14.4 Å². The second-order valence-corrected chi connectivity index (χ2v) is 6.54.